The van der Waals surface area contributed by atoms with E-state index in [1.165, 1.54) is 18.2 Å². The molecule has 0 aliphatic carbocycles. The highest BCUT2D eigenvalue weighted by Gasteiger charge is 2.20. The first-order valence-corrected chi connectivity index (χ1v) is 10.0. The Kier molecular flexibility index (Phi) is 6.71. The SMILES string of the molecule is COc1cc(C=C2SC(N)=NC2=O)cc(Cl)c1OCCOc1ccc(C)c(C)c1. The number of nitrogens with two attached hydrogens (primary N) is 1. The summed E-state index contributed by atoms with van der Waals surface area (Å²) in [5.41, 5.74) is 8.65. The van der Waals surface area contributed by atoms with Crippen molar-refractivity contribution in [3.8, 4) is 17.2 Å². The molecule has 3 rings (SSSR count). The van der Waals surface area contributed by atoms with Gasteiger partial charge in [-0.3, -0.25) is 4.79 Å². The molecule has 6 nitrogen and oxygen atoms in total. The lowest BCUT2D eigenvalue weighted by Crippen LogP contribution is -2.10. The summed E-state index contributed by atoms with van der Waals surface area (Å²) in [6.45, 7) is 4.75. The molecular formula is C21H21ClN2O4S. The summed E-state index contributed by atoms with van der Waals surface area (Å²) in [5.74, 6) is 1.30. The molecule has 29 heavy (non-hydrogen) atoms. The highest BCUT2D eigenvalue weighted by Crippen LogP contribution is 2.38. The molecule has 0 saturated carbocycles. The van der Waals surface area contributed by atoms with Gasteiger partial charge < -0.3 is 19.9 Å². The monoisotopic (exact) mass is 432 g/mol. The number of methoxy groups -OCH3 is 1. The second-order valence-electron chi connectivity index (χ2n) is 6.34. The zero-order valence-corrected chi connectivity index (χ0v) is 17.9. The number of carbonyl (C=O) groups is 1. The first kappa shape index (κ1) is 21.1. The lowest BCUT2D eigenvalue weighted by atomic mass is 10.1. The summed E-state index contributed by atoms with van der Waals surface area (Å²) < 4.78 is 16.9. The van der Waals surface area contributed by atoms with Crippen LogP contribution in [0.1, 0.15) is 16.7 Å². The Morgan fingerprint density at radius 3 is 2.55 bits per heavy atom. The third-order valence-electron chi connectivity index (χ3n) is 4.26. The number of rotatable bonds is 7. The molecule has 0 unspecified atom stereocenters. The van der Waals surface area contributed by atoms with E-state index < -0.39 is 0 Å². The van der Waals surface area contributed by atoms with Gasteiger partial charge in [0.2, 0.25) is 0 Å². The van der Waals surface area contributed by atoms with Gasteiger partial charge in [-0.15, -0.1) is 0 Å². The summed E-state index contributed by atoms with van der Waals surface area (Å²) in [5, 5.41) is 0.592. The van der Waals surface area contributed by atoms with Crippen molar-refractivity contribution < 1.29 is 19.0 Å². The van der Waals surface area contributed by atoms with E-state index in [0.717, 1.165) is 17.5 Å². The Morgan fingerprint density at radius 1 is 1.14 bits per heavy atom. The number of aliphatic imine (C=N–C) groups is 1. The van der Waals surface area contributed by atoms with Crippen LogP contribution in [0, 0.1) is 13.8 Å². The molecule has 0 spiro atoms. The largest absolute Gasteiger partial charge is 0.493 e. The van der Waals surface area contributed by atoms with Crippen LogP contribution >= 0.6 is 23.4 Å². The van der Waals surface area contributed by atoms with Crippen LogP contribution in [0.15, 0.2) is 40.2 Å². The molecule has 2 aromatic carbocycles. The lowest BCUT2D eigenvalue weighted by Gasteiger charge is -2.14. The van der Waals surface area contributed by atoms with Crippen molar-refractivity contribution in [2.75, 3.05) is 20.3 Å². The van der Waals surface area contributed by atoms with Crippen LogP contribution in [0.3, 0.4) is 0 Å². The summed E-state index contributed by atoms with van der Waals surface area (Å²) >= 11 is 7.49. The topological polar surface area (TPSA) is 83.1 Å². The van der Waals surface area contributed by atoms with Crippen molar-refractivity contribution in [2.45, 2.75) is 13.8 Å². The van der Waals surface area contributed by atoms with Gasteiger partial charge in [0, 0.05) is 0 Å². The molecule has 1 aliphatic rings. The van der Waals surface area contributed by atoms with E-state index in [1.807, 2.05) is 25.1 Å². The molecule has 1 aliphatic heterocycles. The molecule has 1 heterocycles. The fourth-order valence-corrected chi connectivity index (χ4v) is 3.60. The van der Waals surface area contributed by atoms with E-state index in [9.17, 15) is 4.79 Å². The highest BCUT2D eigenvalue weighted by atomic mass is 35.5. The standard InChI is InChI=1S/C21H21ClN2O4S/c1-12-4-5-15(8-13(12)2)27-6-7-28-19-16(22)9-14(10-17(19)26-3)11-18-20(25)24-21(23)29-18/h4-5,8-11H,6-7H2,1-3H3,(H2,23,24,25). The van der Waals surface area contributed by atoms with Crippen molar-refractivity contribution in [1.29, 1.82) is 0 Å². The smallest absolute Gasteiger partial charge is 0.286 e. The van der Waals surface area contributed by atoms with Crippen LogP contribution in [0.4, 0.5) is 0 Å². The molecule has 0 atom stereocenters. The first-order chi connectivity index (χ1) is 13.9. The number of benzene rings is 2. The minimum absolute atomic E-state index is 0.225. The second-order valence-corrected chi connectivity index (χ2v) is 7.81. The van der Waals surface area contributed by atoms with Crippen molar-refractivity contribution in [3.05, 3.63) is 56.9 Å². The predicted molar refractivity (Wildman–Crippen MR) is 117 cm³/mol. The van der Waals surface area contributed by atoms with E-state index in [1.54, 1.807) is 18.2 Å². The molecule has 2 N–H and O–H groups in total. The maximum Gasteiger partial charge on any atom is 0.286 e. The predicted octanol–water partition coefficient (Wildman–Crippen LogP) is 4.35. The second kappa shape index (κ2) is 9.24. The number of carbonyl (C=O) groups excluding carboxylic acids is 1. The maximum absolute atomic E-state index is 11.8. The molecule has 2 aromatic rings. The number of aryl methyl sites for hydroxylation is 2. The Labute approximate surface area is 178 Å². The Morgan fingerprint density at radius 2 is 1.90 bits per heavy atom. The van der Waals surface area contributed by atoms with Crippen LogP contribution in [0.25, 0.3) is 6.08 Å². The van der Waals surface area contributed by atoms with E-state index in [2.05, 4.69) is 11.9 Å². The average molecular weight is 433 g/mol. The first-order valence-electron chi connectivity index (χ1n) is 8.86. The fourth-order valence-electron chi connectivity index (χ4n) is 2.65. The van der Waals surface area contributed by atoms with Crippen molar-refractivity contribution in [3.63, 3.8) is 0 Å². The fraction of sp³-hybridized carbons (Fsp3) is 0.238. The lowest BCUT2D eigenvalue weighted by molar-refractivity contribution is -0.113. The number of hydrogen-bond acceptors (Lipinski definition) is 6. The zero-order valence-electron chi connectivity index (χ0n) is 16.3. The number of ether oxygens (including phenoxy) is 3. The van der Waals surface area contributed by atoms with Crippen LogP contribution in [-0.4, -0.2) is 31.4 Å². The Hall–Kier alpha value is -2.64. The minimum Gasteiger partial charge on any atom is -0.493 e. The van der Waals surface area contributed by atoms with Crippen molar-refractivity contribution >= 4 is 40.5 Å². The zero-order chi connectivity index (χ0) is 21.0. The molecular weight excluding hydrogens is 412 g/mol. The van der Waals surface area contributed by atoms with E-state index in [0.29, 0.717) is 40.2 Å². The summed E-state index contributed by atoms with van der Waals surface area (Å²) in [6, 6.07) is 9.37. The van der Waals surface area contributed by atoms with Gasteiger partial charge in [-0.05, 0) is 72.6 Å². The molecule has 0 aromatic heterocycles. The van der Waals surface area contributed by atoms with Gasteiger partial charge in [0.05, 0.1) is 17.0 Å². The highest BCUT2D eigenvalue weighted by molar-refractivity contribution is 8.18. The van der Waals surface area contributed by atoms with Crippen molar-refractivity contribution in [1.82, 2.24) is 0 Å². The molecule has 0 radical (unpaired) electrons. The summed E-state index contributed by atoms with van der Waals surface area (Å²) in [6.07, 6.45) is 1.66. The van der Waals surface area contributed by atoms with Crippen LogP contribution in [0.5, 0.6) is 17.2 Å². The molecule has 0 fully saturated rings. The number of nitrogens with zero attached hydrogens (tertiary/aromatic N) is 1. The van der Waals surface area contributed by atoms with Gasteiger partial charge in [-0.2, -0.15) is 4.99 Å². The minimum atomic E-state index is -0.369. The van der Waals surface area contributed by atoms with Gasteiger partial charge in [-0.25, -0.2) is 0 Å². The van der Waals surface area contributed by atoms with Crippen LogP contribution in [-0.2, 0) is 4.79 Å². The molecule has 8 heteroatoms. The number of halogens is 1. The Bertz CT molecular complexity index is 1000. The van der Waals surface area contributed by atoms with Gasteiger partial charge in [0.25, 0.3) is 5.91 Å². The average Bonchev–Trinajstić information content (AvgIpc) is 2.99. The van der Waals surface area contributed by atoms with E-state index in [4.69, 9.17) is 31.5 Å². The van der Waals surface area contributed by atoms with E-state index >= 15 is 0 Å². The van der Waals surface area contributed by atoms with Gasteiger partial charge in [0.15, 0.2) is 16.7 Å². The normalized spacial score (nSPS) is 14.8. The molecule has 0 bridgehead atoms. The summed E-state index contributed by atoms with van der Waals surface area (Å²) in [4.78, 5) is 15.9. The molecule has 0 saturated heterocycles. The van der Waals surface area contributed by atoms with Gasteiger partial charge >= 0.3 is 0 Å². The molecule has 152 valence electrons. The Balaban J connectivity index is 1.65. The number of thioether (sulfide) groups is 1. The number of amidine groups is 1. The van der Waals surface area contributed by atoms with Crippen LogP contribution in [0.2, 0.25) is 5.02 Å². The quantitative estimate of drug-likeness (QED) is 0.517. The third kappa shape index (κ3) is 5.25. The summed E-state index contributed by atoms with van der Waals surface area (Å²) in [7, 11) is 1.53. The third-order valence-corrected chi connectivity index (χ3v) is 5.36. The molecule has 1 amide bonds. The maximum atomic E-state index is 11.8. The van der Waals surface area contributed by atoms with Crippen molar-refractivity contribution in [2.24, 2.45) is 10.7 Å². The van der Waals surface area contributed by atoms with Gasteiger partial charge in [0.1, 0.15) is 19.0 Å². The number of hydrogen-bond donors (Lipinski definition) is 1. The van der Waals surface area contributed by atoms with E-state index in [-0.39, 0.29) is 11.1 Å². The van der Waals surface area contributed by atoms with Gasteiger partial charge in [-0.1, -0.05) is 17.7 Å². The van der Waals surface area contributed by atoms with Crippen LogP contribution < -0.4 is 19.9 Å². The number of amides is 1.